The first-order chi connectivity index (χ1) is 12.3. The lowest BCUT2D eigenvalue weighted by Gasteiger charge is -2.34. The highest BCUT2D eigenvalue weighted by Gasteiger charge is 2.22. The second-order valence-electron chi connectivity index (χ2n) is 7.85. The number of benzene rings is 1. The summed E-state index contributed by atoms with van der Waals surface area (Å²) >= 11 is 7.95. The second kappa shape index (κ2) is 7.71. The summed E-state index contributed by atoms with van der Waals surface area (Å²) in [5.74, 6) is 0.111. The zero-order valence-corrected chi connectivity index (χ0v) is 17.5. The lowest BCUT2D eigenvalue weighted by atomic mass is 9.96. The van der Waals surface area contributed by atoms with Gasteiger partial charge in [0.1, 0.15) is 0 Å². The minimum Gasteiger partial charge on any atom is -0.354 e. The molecular weight excluding hydrogens is 368 g/mol. The lowest BCUT2D eigenvalue weighted by molar-refractivity contribution is -0.128. The van der Waals surface area contributed by atoms with Gasteiger partial charge in [0.15, 0.2) is 5.13 Å². The molecule has 2 aromatic rings. The van der Waals surface area contributed by atoms with Crippen LogP contribution in [-0.4, -0.2) is 55.1 Å². The Morgan fingerprint density at radius 3 is 2.62 bits per heavy atom. The van der Waals surface area contributed by atoms with Gasteiger partial charge in [-0.2, -0.15) is 0 Å². The van der Waals surface area contributed by atoms with Gasteiger partial charge in [-0.3, -0.25) is 9.69 Å². The molecule has 2 heterocycles. The van der Waals surface area contributed by atoms with E-state index in [0.29, 0.717) is 6.54 Å². The van der Waals surface area contributed by atoms with Crippen molar-refractivity contribution in [3.8, 4) is 0 Å². The molecule has 1 aromatic heterocycles. The Morgan fingerprint density at radius 1 is 1.27 bits per heavy atom. The number of thiazole rings is 1. The van der Waals surface area contributed by atoms with E-state index in [1.54, 1.807) is 11.3 Å². The minimum atomic E-state index is -0.327. The summed E-state index contributed by atoms with van der Waals surface area (Å²) < 4.78 is 1.19. The van der Waals surface area contributed by atoms with Crippen molar-refractivity contribution in [3.05, 3.63) is 22.7 Å². The van der Waals surface area contributed by atoms with Crippen LogP contribution in [0.3, 0.4) is 0 Å². The molecule has 142 valence electrons. The highest BCUT2D eigenvalue weighted by molar-refractivity contribution is 7.22. The fourth-order valence-corrected chi connectivity index (χ4v) is 4.21. The van der Waals surface area contributed by atoms with E-state index in [9.17, 15) is 4.79 Å². The number of piperazine rings is 1. The molecule has 1 aliphatic rings. The van der Waals surface area contributed by atoms with Crippen molar-refractivity contribution in [2.45, 2.75) is 27.7 Å². The highest BCUT2D eigenvalue weighted by Crippen LogP contribution is 2.33. The van der Waals surface area contributed by atoms with E-state index in [4.69, 9.17) is 16.6 Å². The predicted octanol–water partition coefficient (Wildman–Crippen LogP) is 3.54. The number of nitrogens with zero attached hydrogens (tertiary/aromatic N) is 3. The molecule has 0 unspecified atom stereocenters. The van der Waals surface area contributed by atoms with Gasteiger partial charge < -0.3 is 10.2 Å². The van der Waals surface area contributed by atoms with Crippen molar-refractivity contribution in [2.75, 3.05) is 44.2 Å². The van der Waals surface area contributed by atoms with E-state index in [1.165, 1.54) is 4.70 Å². The number of anilines is 1. The summed E-state index contributed by atoms with van der Waals surface area (Å²) in [6, 6.07) is 4.00. The smallest absolute Gasteiger partial charge is 0.225 e. The molecule has 1 aliphatic heterocycles. The average molecular weight is 395 g/mol. The molecular formula is C19H27ClN4OS. The van der Waals surface area contributed by atoms with Crippen molar-refractivity contribution in [3.63, 3.8) is 0 Å². The summed E-state index contributed by atoms with van der Waals surface area (Å²) in [5, 5.41) is 4.87. The maximum Gasteiger partial charge on any atom is 0.225 e. The van der Waals surface area contributed by atoms with E-state index >= 15 is 0 Å². The molecule has 0 bridgehead atoms. The molecule has 0 spiro atoms. The van der Waals surface area contributed by atoms with Crippen molar-refractivity contribution in [1.29, 1.82) is 0 Å². The summed E-state index contributed by atoms with van der Waals surface area (Å²) in [7, 11) is 0. The van der Waals surface area contributed by atoms with Crippen LogP contribution < -0.4 is 10.2 Å². The van der Waals surface area contributed by atoms with Gasteiger partial charge in [0, 0.05) is 49.7 Å². The third-order valence-electron chi connectivity index (χ3n) is 4.77. The molecule has 3 rings (SSSR count). The third kappa shape index (κ3) is 4.30. The number of rotatable bonds is 4. The molecule has 0 atom stereocenters. The van der Waals surface area contributed by atoms with Crippen LogP contribution in [0.25, 0.3) is 10.2 Å². The average Bonchev–Trinajstić information content (AvgIpc) is 3.03. The Kier molecular flexibility index (Phi) is 5.75. The number of carbonyl (C=O) groups excluding carboxylic acids is 1. The van der Waals surface area contributed by atoms with Gasteiger partial charge in [-0.25, -0.2) is 4.98 Å². The van der Waals surface area contributed by atoms with Crippen LogP contribution in [0.15, 0.2) is 12.1 Å². The van der Waals surface area contributed by atoms with Gasteiger partial charge >= 0.3 is 0 Å². The van der Waals surface area contributed by atoms with Gasteiger partial charge in [-0.1, -0.05) is 43.7 Å². The normalized spacial score (nSPS) is 16.3. The Balaban J connectivity index is 1.52. The summed E-state index contributed by atoms with van der Waals surface area (Å²) in [5.41, 5.74) is 1.75. The van der Waals surface area contributed by atoms with Gasteiger partial charge in [0.25, 0.3) is 0 Å². The fourth-order valence-electron chi connectivity index (χ4n) is 2.98. The molecule has 1 aromatic carbocycles. The van der Waals surface area contributed by atoms with Crippen LogP contribution in [0.1, 0.15) is 26.3 Å². The molecule has 7 heteroatoms. The van der Waals surface area contributed by atoms with Crippen molar-refractivity contribution in [1.82, 2.24) is 15.2 Å². The van der Waals surface area contributed by atoms with E-state index < -0.39 is 0 Å². The first kappa shape index (κ1) is 19.4. The van der Waals surface area contributed by atoms with E-state index in [0.717, 1.165) is 54.0 Å². The van der Waals surface area contributed by atoms with Crippen molar-refractivity contribution < 1.29 is 4.79 Å². The zero-order chi connectivity index (χ0) is 18.9. The Labute approximate surface area is 164 Å². The van der Waals surface area contributed by atoms with Crippen LogP contribution >= 0.6 is 22.9 Å². The van der Waals surface area contributed by atoms with Gasteiger partial charge in [-0.15, -0.1) is 0 Å². The first-order valence-electron chi connectivity index (χ1n) is 9.07. The molecule has 1 N–H and O–H groups in total. The lowest BCUT2D eigenvalue weighted by Crippen LogP contribution is -2.49. The van der Waals surface area contributed by atoms with E-state index in [1.807, 2.05) is 33.8 Å². The predicted molar refractivity (Wildman–Crippen MR) is 110 cm³/mol. The quantitative estimate of drug-likeness (QED) is 0.861. The van der Waals surface area contributed by atoms with E-state index in [-0.39, 0.29) is 11.3 Å². The van der Waals surface area contributed by atoms with Crippen LogP contribution in [-0.2, 0) is 4.79 Å². The summed E-state index contributed by atoms with van der Waals surface area (Å²) in [6.07, 6.45) is 0. The van der Waals surface area contributed by atoms with Gasteiger partial charge in [0.05, 0.1) is 10.2 Å². The third-order valence-corrected chi connectivity index (χ3v) is 6.27. The van der Waals surface area contributed by atoms with Crippen molar-refractivity contribution >= 4 is 44.2 Å². The number of amides is 1. The molecule has 1 amide bonds. The number of halogens is 1. The summed E-state index contributed by atoms with van der Waals surface area (Å²) in [6.45, 7) is 13.3. The number of nitrogens with one attached hydrogen (secondary N) is 1. The molecule has 5 nitrogen and oxygen atoms in total. The van der Waals surface area contributed by atoms with Crippen LogP contribution in [0, 0.1) is 12.3 Å². The van der Waals surface area contributed by atoms with Gasteiger partial charge in [0.2, 0.25) is 5.91 Å². The molecule has 0 saturated carbocycles. The standard InChI is InChI=1S/C19H27ClN4OS/c1-13-14(20)5-6-15-16(13)22-18(26-15)24-11-9-23(10-12-24)8-7-21-17(25)19(2,3)4/h5-6H,7-12H2,1-4H3,(H,21,25). The second-order valence-corrected chi connectivity index (χ2v) is 9.27. The number of fused-ring (bicyclic) bond motifs is 1. The molecule has 0 radical (unpaired) electrons. The molecule has 26 heavy (non-hydrogen) atoms. The van der Waals surface area contributed by atoms with Crippen LogP contribution in [0.5, 0.6) is 0 Å². The zero-order valence-electron chi connectivity index (χ0n) is 15.9. The Morgan fingerprint density at radius 2 is 1.96 bits per heavy atom. The highest BCUT2D eigenvalue weighted by atomic mass is 35.5. The van der Waals surface area contributed by atoms with Gasteiger partial charge in [-0.05, 0) is 24.6 Å². The topological polar surface area (TPSA) is 48.5 Å². The first-order valence-corrected chi connectivity index (χ1v) is 10.3. The number of hydrogen-bond donors (Lipinski definition) is 1. The fraction of sp³-hybridized carbons (Fsp3) is 0.579. The number of hydrogen-bond acceptors (Lipinski definition) is 5. The SMILES string of the molecule is Cc1c(Cl)ccc2sc(N3CCN(CCNC(=O)C(C)(C)C)CC3)nc12. The van der Waals surface area contributed by atoms with E-state index in [2.05, 4.69) is 21.2 Å². The van der Waals surface area contributed by atoms with Crippen LogP contribution in [0.4, 0.5) is 5.13 Å². The number of carbonyl (C=O) groups is 1. The van der Waals surface area contributed by atoms with Crippen molar-refractivity contribution in [2.24, 2.45) is 5.41 Å². The Bertz CT molecular complexity index is 791. The largest absolute Gasteiger partial charge is 0.354 e. The number of aryl methyl sites for hydroxylation is 1. The number of aromatic nitrogens is 1. The Hall–Kier alpha value is -1.37. The molecule has 0 aliphatic carbocycles. The maximum absolute atomic E-state index is 11.9. The minimum absolute atomic E-state index is 0.111. The van der Waals surface area contributed by atoms with Crippen LogP contribution in [0.2, 0.25) is 5.02 Å². The summed E-state index contributed by atoms with van der Waals surface area (Å²) in [4.78, 5) is 21.5. The molecule has 1 saturated heterocycles. The molecule has 1 fully saturated rings. The monoisotopic (exact) mass is 394 g/mol. The maximum atomic E-state index is 11.9.